The summed E-state index contributed by atoms with van der Waals surface area (Å²) in [6.07, 6.45) is 3.98. The van der Waals surface area contributed by atoms with Crippen molar-refractivity contribution in [2.24, 2.45) is 5.41 Å². The highest BCUT2D eigenvalue weighted by molar-refractivity contribution is 5.76. The summed E-state index contributed by atoms with van der Waals surface area (Å²) in [5.74, 6) is -0.0514. The number of piperidine rings is 1. The number of rotatable bonds is 3. The van der Waals surface area contributed by atoms with Crippen molar-refractivity contribution in [1.29, 1.82) is 0 Å². The lowest BCUT2D eigenvalue weighted by Crippen LogP contribution is -2.41. The Morgan fingerprint density at radius 1 is 1.50 bits per heavy atom. The lowest BCUT2D eigenvalue weighted by atomic mass is 9.81. The Morgan fingerprint density at radius 3 is 2.88 bits per heavy atom. The minimum absolute atomic E-state index is 0.0514. The first kappa shape index (κ1) is 11.9. The molecule has 1 N–H and O–H groups in total. The van der Waals surface area contributed by atoms with Crippen molar-refractivity contribution in [3.8, 4) is 0 Å². The highest BCUT2D eigenvalue weighted by Crippen LogP contribution is 2.29. The maximum Gasteiger partial charge on any atom is 0.311 e. The van der Waals surface area contributed by atoms with Crippen LogP contribution in [0.3, 0.4) is 0 Å². The number of hydrogen-bond acceptors (Lipinski definition) is 4. The van der Waals surface area contributed by atoms with Gasteiger partial charge in [-0.2, -0.15) is 0 Å². The topological polar surface area (TPSA) is 47.6 Å². The van der Waals surface area contributed by atoms with Crippen LogP contribution in [0.15, 0.2) is 0 Å². The molecule has 2 saturated heterocycles. The Morgan fingerprint density at radius 2 is 2.25 bits per heavy atom. The van der Waals surface area contributed by atoms with E-state index in [9.17, 15) is 4.79 Å². The van der Waals surface area contributed by atoms with Gasteiger partial charge in [0.25, 0.3) is 0 Å². The zero-order chi connectivity index (χ0) is 11.4. The van der Waals surface area contributed by atoms with Crippen LogP contribution in [0.2, 0.25) is 0 Å². The van der Waals surface area contributed by atoms with Crippen LogP contribution in [0.5, 0.6) is 0 Å². The number of ether oxygens (including phenoxy) is 2. The van der Waals surface area contributed by atoms with Crippen molar-refractivity contribution in [2.75, 3.05) is 26.3 Å². The second kappa shape index (κ2) is 5.15. The predicted molar refractivity (Wildman–Crippen MR) is 60.1 cm³/mol. The molecule has 1 atom stereocenters. The van der Waals surface area contributed by atoms with Gasteiger partial charge in [0.15, 0.2) is 0 Å². The van der Waals surface area contributed by atoms with E-state index in [1.807, 2.05) is 6.92 Å². The maximum absolute atomic E-state index is 12.0. The highest BCUT2D eigenvalue weighted by Gasteiger charge is 2.36. The van der Waals surface area contributed by atoms with Crippen LogP contribution in [-0.4, -0.2) is 38.4 Å². The van der Waals surface area contributed by atoms with Crippen LogP contribution in [0.25, 0.3) is 0 Å². The molecule has 2 heterocycles. The minimum atomic E-state index is -0.288. The quantitative estimate of drug-likeness (QED) is 0.733. The highest BCUT2D eigenvalue weighted by atomic mass is 16.6. The van der Waals surface area contributed by atoms with E-state index in [0.717, 1.165) is 45.4 Å². The molecular formula is C12H21NO3. The number of esters is 1. The first-order valence-corrected chi connectivity index (χ1v) is 6.20. The average Bonchev–Trinajstić information content (AvgIpc) is 2.79. The van der Waals surface area contributed by atoms with Crippen LogP contribution in [0.4, 0.5) is 0 Å². The Bertz CT molecular complexity index is 243. The van der Waals surface area contributed by atoms with Crippen LogP contribution in [0.1, 0.15) is 32.6 Å². The summed E-state index contributed by atoms with van der Waals surface area (Å²) in [6, 6.07) is 0. The molecule has 16 heavy (non-hydrogen) atoms. The molecule has 0 radical (unpaired) electrons. The predicted octanol–water partition coefficient (Wildman–Crippen LogP) is 1.10. The van der Waals surface area contributed by atoms with Gasteiger partial charge in [-0.25, -0.2) is 0 Å². The lowest BCUT2D eigenvalue weighted by Gasteiger charge is -2.31. The molecule has 2 aliphatic heterocycles. The first-order valence-electron chi connectivity index (χ1n) is 6.20. The average molecular weight is 227 g/mol. The molecule has 0 spiro atoms. The number of hydrogen-bond donors (Lipinski definition) is 1. The van der Waals surface area contributed by atoms with Crippen LogP contribution in [-0.2, 0) is 14.3 Å². The third-order valence-corrected chi connectivity index (χ3v) is 3.62. The molecular weight excluding hydrogens is 206 g/mol. The van der Waals surface area contributed by atoms with Gasteiger partial charge in [0.1, 0.15) is 6.61 Å². The Balaban J connectivity index is 1.77. The fourth-order valence-electron chi connectivity index (χ4n) is 2.30. The molecule has 2 aliphatic rings. The van der Waals surface area contributed by atoms with Gasteiger partial charge < -0.3 is 14.8 Å². The fraction of sp³-hybridized carbons (Fsp3) is 0.917. The summed E-state index contributed by atoms with van der Waals surface area (Å²) in [6.45, 7) is 5.06. The van der Waals surface area contributed by atoms with E-state index in [0.29, 0.717) is 6.61 Å². The Kier molecular flexibility index (Phi) is 3.82. The van der Waals surface area contributed by atoms with E-state index in [2.05, 4.69) is 5.32 Å². The Labute approximate surface area is 96.7 Å². The van der Waals surface area contributed by atoms with Crippen molar-refractivity contribution in [3.63, 3.8) is 0 Å². The van der Waals surface area contributed by atoms with Gasteiger partial charge in [-0.1, -0.05) is 0 Å². The molecule has 0 aliphatic carbocycles. The number of nitrogens with one attached hydrogen (secondary N) is 1. The zero-order valence-electron chi connectivity index (χ0n) is 9.96. The van der Waals surface area contributed by atoms with E-state index in [-0.39, 0.29) is 17.5 Å². The van der Waals surface area contributed by atoms with Crippen LogP contribution < -0.4 is 5.32 Å². The molecule has 0 amide bonds. The molecule has 0 saturated carbocycles. The van der Waals surface area contributed by atoms with E-state index in [1.165, 1.54) is 0 Å². The van der Waals surface area contributed by atoms with Gasteiger partial charge in [-0.15, -0.1) is 0 Å². The summed E-state index contributed by atoms with van der Waals surface area (Å²) < 4.78 is 10.8. The second-order valence-corrected chi connectivity index (χ2v) is 5.04. The zero-order valence-corrected chi connectivity index (χ0v) is 9.96. The number of carbonyl (C=O) groups excluding carboxylic acids is 1. The molecule has 0 aromatic rings. The smallest absolute Gasteiger partial charge is 0.311 e. The number of carbonyl (C=O) groups is 1. The van der Waals surface area contributed by atoms with Gasteiger partial charge in [0.05, 0.1) is 11.5 Å². The van der Waals surface area contributed by atoms with Crippen LogP contribution in [0, 0.1) is 5.41 Å². The van der Waals surface area contributed by atoms with Gasteiger partial charge in [-0.05, 0) is 45.7 Å². The molecule has 1 unspecified atom stereocenters. The molecule has 92 valence electrons. The molecule has 0 bridgehead atoms. The van der Waals surface area contributed by atoms with E-state index in [1.54, 1.807) is 0 Å². The van der Waals surface area contributed by atoms with Gasteiger partial charge in [-0.3, -0.25) is 4.79 Å². The summed E-state index contributed by atoms with van der Waals surface area (Å²) in [4.78, 5) is 12.0. The lowest BCUT2D eigenvalue weighted by molar-refractivity contribution is -0.159. The monoisotopic (exact) mass is 227 g/mol. The van der Waals surface area contributed by atoms with Gasteiger partial charge in [0.2, 0.25) is 0 Å². The normalized spacial score (nSPS) is 28.9. The van der Waals surface area contributed by atoms with Crippen molar-refractivity contribution in [2.45, 2.75) is 38.7 Å². The molecule has 2 rings (SSSR count). The third-order valence-electron chi connectivity index (χ3n) is 3.62. The van der Waals surface area contributed by atoms with Crippen molar-refractivity contribution < 1.29 is 14.3 Å². The first-order chi connectivity index (χ1) is 7.71. The summed E-state index contributed by atoms with van der Waals surface area (Å²) in [5, 5.41) is 3.26. The second-order valence-electron chi connectivity index (χ2n) is 5.04. The minimum Gasteiger partial charge on any atom is -0.463 e. The molecule has 4 nitrogen and oxygen atoms in total. The van der Waals surface area contributed by atoms with Gasteiger partial charge >= 0.3 is 5.97 Å². The summed E-state index contributed by atoms with van der Waals surface area (Å²) in [5.41, 5.74) is -0.288. The SMILES string of the molecule is CC1(C(=O)OCC2CCCO2)CCNCC1. The maximum atomic E-state index is 12.0. The molecule has 0 aromatic carbocycles. The molecule has 2 fully saturated rings. The van der Waals surface area contributed by atoms with E-state index in [4.69, 9.17) is 9.47 Å². The van der Waals surface area contributed by atoms with Crippen molar-refractivity contribution in [1.82, 2.24) is 5.32 Å². The largest absolute Gasteiger partial charge is 0.463 e. The standard InChI is InChI=1S/C12H21NO3/c1-12(4-6-13-7-5-12)11(14)16-9-10-3-2-8-15-10/h10,13H,2-9H2,1H3. The van der Waals surface area contributed by atoms with Crippen LogP contribution >= 0.6 is 0 Å². The summed E-state index contributed by atoms with van der Waals surface area (Å²) >= 11 is 0. The van der Waals surface area contributed by atoms with E-state index >= 15 is 0 Å². The molecule has 0 aromatic heterocycles. The summed E-state index contributed by atoms with van der Waals surface area (Å²) in [7, 11) is 0. The fourth-order valence-corrected chi connectivity index (χ4v) is 2.30. The van der Waals surface area contributed by atoms with E-state index < -0.39 is 0 Å². The molecule has 4 heteroatoms. The van der Waals surface area contributed by atoms with Crippen molar-refractivity contribution in [3.05, 3.63) is 0 Å². The Hall–Kier alpha value is -0.610. The van der Waals surface area contributed by atoms with Crippen molar-refractivity contribution >= 4 is 5.97 Å². The van der Waals surface area contributed by atoms with Gasteiger partial charge in [0, 0.05) is 6.61 Å². The third kappa shape index (κ3) is 2.74.